The highest BCUT2D eigenvalue weighted by molar-refractivity contribution is 5.86. The topological polar surface area (TPSA) is 0 Å². The number of rotatable bonds is 2. The van der Waals surface area contributed by atoms with Crippen molar-refractivity contribution in [1.82, 2.24) is 0 Å². The van der Waals surface area contributed by atoms with Gasteiger partial charge in [-0.1, -0.05) is 74.5 Å². The third-order valence-electron chi connectivity index (χ3n) is 4.88. The molecule has 0 amide bonds. The lowest BCUT2D eigenvalue weighted by Gasteiger charge is -2.09. The molecule has 0 aromatic heterocycles. The van der Waals surface area contributed by atoms with E-state index in [1.807, 2.05) is 0 Å². The molecule has 0 N–H and O–H groups in total. The Bertz CT molecular complexity index is 696. The summed E-state index contributed by atoms with van der Waals surface area (Å²) >= 11 is 0. The minimum atomic E-state index is 0.547. The highest BCUT2D eigenvalue weighted by Gasteiger charge is 2.24. The van der Waals surface area contributed by atoms with Gasteiger partial charge in [-0.3, -0.25) is 0 Å². The van der Waals surface area contributed by atoms with Crippen molar-refractivity contribution in [3.8, 4) is 0 Å². The lowest BCUT2D eigenvalue weighted by Crippen LogP contribution is -1.89. The van der Waals surface area contributed by atoms with Crippen LogP contribution in [0.15, 0.2) is 60.7 Å². The van der Waals surface area contributed by atoms with Gasteiger partial charge in [0.2, 0.25) is 0 Å². The predicted molar refractivity (Wildman–Crippen MR) is 90.3 cm³/mol. The second-order valence-electron chi connectivity index (χ2n) is 6.31. The van der Waals surface area contributed by atoms with E-state index in [4.69, 9.17) is 0 Å². The van der Waals surface area contributed by atoms with Crippen LogP contribution in [0.2, 0.25) is 0 Å². The molecule has 2 aliphatic carbocycles. The smallest absolute Gasteiger partial charge is 0.000175 e. The van der Waals surface area contributed by atoms with Gasteiger partial charge >= 0.3 is 0 Å². The molecule has 21 heavy (non-hydrogen) atoms. The summed E-state index contributed by atoms with van der Waals surface area (Å²) in [5.41, 5.74) is 8.84. The van der Waals surface area contributed by atoms with Crippen LogP contribution in [0.5, 0.6) is 0 Å². The van der Waals surface area contributed by atoms with E-state index >= 15 is 0 Å². The van der Waals surface area contributed by atoms with Crippen LogP contribution in [-0.4, -0.2) is 0 Å². The molecule has 0 nitrogen and oxygen atoms in total. The Labute approximate surface area is 126 Å². The van der Waals surface area contributed by atoms with Crippen LogP contribution in [0.1, 0.15) is 54.4 Å². The predicted octanol–water partition coefficient (Wildman–Crippen LogP) is 5.78. The van der Waals surface area contributed by atoms with E-state index in [9.17, 15) is 0 Å². The van der Waals surface area contributed by atoms with Crippen molar-refractivity contribution in [2.45, 2.75) is 32.1 Å². The SMILES string of the molecule is CC1C=C(CC2=CC(C)c3ccccc32)c2ccccc21. The highest BCUT2D eigenvalue weighted by atomic mass is 14.3. The van der Waals surface area contributed by atoms with Gasteiger partial charge in [0.1, 0.15) is 0 Å². The second-order valence-corrected chi connectivity index (χ2v) is 6.31. The van der Waals surface area contributed by atoms with Crippen molar-refractivity contribution in [3.63, 3.8) is 0 Å². The lowest BCUT2D eigenvalue weighted by molar-refractivity contribution is 0.989. The van der Waals surface area contributed by atoms with E-state index in [1.54, 1.807) is 0 Å². The van der Waals surface area contributed by atoms with Crippen LogP contribution in [0, 0.1) is 0 Å². The van der Waals surface area contributed by atoms with E-state index in [0.29, 0.717) is 11.8 Å². The normalized spacial score (nSPS) is 22.6. The third-order valence-corrected chi connectivity index (χ3v) is 4.88. The molecule has 0 bridgehead atoms. The molecule has 104 valence electrons. The molecular weight excluding hydrogens is 252 g/mol. The largest absolute Gasteiger partial charge is 0.0731 e. The average Bonchev–Trinajstić information content (AvgIpc) is 3.00. The van der Waals surface area contributed by atoms with Crippen molar-refractivity contribution in [3.05, 3.63) is 82.9 Å². The molecule has 2 aromatic rings. The molecule has 0 fully saturated rings. The van der Waals surface area contributed by atoms with E-state index < -0.39 is 0 Å². The van der Waals surface area contributed by atoms with E-state index in [2.05, 4.69) is 74.5 Å². The van der Waals surface area contributed by atoms with Crippen LogP contribution in [0.4, 0.5) is 0 Å². The number of fused-ring (bicyclic) bond motifs is 2. The van der Waals surface area contributed by atoms with E-state index in [1.165, 1.54) is 33.4 Å². The molecule has 0 heterocycles. The number of hydrogen-bond acceptors (Lipinski definition) is 0. The molecule has 0 aliphatic heterocycles. The van der Waals surface area contributed by atoms with Gasteiger partial charge < -0.3 is 0 Å². The summed E-state index contributed by atoms with van der Waals surface area (Å²) in [4.78, 5) is 0. The van der Waals surface area contributed by atoms with Gasteiger partial charge in [0.15, 0.2) is 0 Å². The molecular formula is C21H20. The van der Waals surface area contributed by atoms with Crippen LogP contribution >= 0.6 is 0 Å². The summed E-state index contributed by atoms with van der Waals surface area (Å²) < 4.78 is 0. The van der Waals surface area contributed by atoms with Gasteiger partial charge in [0.05, 0.1) is 0 Å². The van der Waals surface area contributed by atoms with Crippen LogP contribution in [0.25, 0.3) is 11.1 Å². The summed E-state index contributed by atoms with van der Waals surface area (Å²) in [6.45, 7) is 4.59. The Morgan fingerprint density at radius 1 is 0.667 bits per heavy atom. The lowest BCUT2D eigenvalue weighted by atomic mass is 9.95. The molecule has 0 saturated carbocycles. The van der Waals surface area contributed by atoms with E-state index in [-0.39, 0.29) is 0 Å². The summed E-state index contributed by atoms with van der Waals surface area (Å²) in [5, 5.41) is 0. The van der Waals surface area contributed by atoms with Gasteiger partial charge in [-0.15, -0.1) is 0 Å². The van der Waals surface area contributed by atoms with Crippen molar-refractivity contribution < 1.29 is 0 Å². The van der Waals surface area contributed by atoms with Crippen molar-refractivity contribution >= 4 is 11.1 Å². The van der Waals surface area contributed by atoms with Crippen LogP contribution in [0.3, 0.4) is 0 Å². The number of allylic oxidation sites excluding steroid dienone is 4. The molecule has 2 aliphatic rings. The Hall–Kier alpha value is -2.08. The Morgan fingerprint density at radius 3 is 1.57 bits per heavy atom. The van der Waals surface area contributed by atoms with Gasteiger partial charge in [0.25, 0.3) is 0 Å². The van der Waals surface area contributed by atoms with Crippen LogP contribution < -0.4 is 0 Å². The minimum absolute atomic E-state index is 0.547. The average molecular weight is 272 g/mol. The van der Waals surface area contributed by atoms with Gasteiger partial charge in [-0.2, -0.15) is 0 Å². The standard InChI is InChI=1S/C21H20/c1-14-11-16(20-9-5-3-7-18(14)20)13-17-12-15(2)19-8-4-6-10-21(17)19/h3-12,14-15H,13H2,1-2H3. The molecule has 2 unspecified atom stereocenters. The minimum Gasteiger partial charge on any atom is -0.0731 e. The van der Waals surface area contributed by atoms with Crippen molar-refractivity contribution in [1.29, 1.82) is 0 Å². The third kappa shape index (κ3) is 1.98. The van der Waals surface area contributed by atoms with Crippen LogP contribution in [-0.2, 0) is 0 Å². The van der Waals surface area contributed by atoms with Gasteiger partial charge in [0, 0.05) is 11.8 Å². The van der Waals surface area contributed by atoms with Crippen molar-refractivity contribution in [2.75, 3.05) is 0 Å². The Kier molecular flexibility index (Phi) is 2.85. The summed E-state index contributed by atoms with van der Waals surface area (Å²) in [5.74, 6) is 1.09. The first-order valence-corrected chi connectivity index (χ1v) is 7.84. The maximum Gasteiger partial charge on any atom is 0.000175 e. The molecule has 4 rings (SSSR count). The molecule has 2 atom stereocenters. The summed E-state index contributed by atoms with van der Waals surface area (Å²) in [6.07, 6.45) is 5.94. The monoisotopic (exact) mass is 272 g/mol. The van der Waals surface area contributed by atoms with Gasteiger partial charge in [-0.25, -0.2) is 0 Å². The first kappa shape index (κ1) is 12.6. The second kappa shape index (κ2) is 4.73. The van der Waals surface area contributed by atoms with Gasteiger partial charge in [-0.05, 0) is 39.8 Å². The zero-order valence-electron chi connectivity index (χ0n) is 12.6. The fourth-order valence-corrected chi connectivity index (χ4v) is 3.85. The number of benzene rings is 2. The molecule has 0 radical (unpaired) electrons. The maximum atomic E-state index is 2.44. The van der Waals surface area contributed by atoms with E-state index in [0.717, 1.165) is 6.42 Å². The Balaban J connectivity index is 1.70. The van der Waals surface area contributed by atoms with Crippen molar-refractivity contribution in [2.24, 2.45) is 0 Å². The molecule has 0 spiro atoms. The summed E-state index contributed by atoms with van der Waals surface area (Å²) in [7, 11) is 0. The number of hydrogen-bond donors (Lipinski definition) is 0. The molecule has 2 aromatic carbocycles. The zero-order chi connectivity index (χ0) is 14.4. The fraction of sp³-hybridized carbons (Fsp3) is 0.238. The first-order chi connectivity index (χ1) is 10.2. The first-order valence-electron chi connectivity index (χ1n) is 7.84. The Morgan fingerprint density at radius 2 is 1.10 bits per heavy atom. The molecule has 0 saturated heterocycles. The molecule has 0 heteroatoms. The zero-order valence-corrected chi connectivity index (χ0v) is 12.6. The fourth-order valence-electron chi connectivity index (χ4n) is 3.85. The quantitative estimate of drug-likeness (QED) is 0.650. The maximum absolute atomic E-state index is 2.44. The highest BCUT2D eigenvalue weighted by Crippen LogP contribution is 2.44. The summed E-state index contributed by atoms with van der Waals surface area (Å²) in [6, 6.07) is 17.7.